The molecule has 2 unspecified atom stereocenters. The predicted octanol–water partition coefficient (Wildman–Crippen LogP) is 3.53. The SMILES string of the molecule is CCCCC(C)C(N)c1ccc(OC)c(OC)c1. The zero-order valence-electron chi connectivity index (χ0n) is 11.9. The van der Waals surface area contributed by atoms with E-state index in [1.54, 1.807) is 14.2 Å². The van der Waals surface area contributed by atoms with Gasteiger partial charge < -0.3 is 15.2 Å². The smallest absolute Gasteiger partial charge is 0.161 e. The topological polar surface area (TPSA) is 44.5 Å². The van der Waals surface area contributed by atoms with Crippen LogP contribution in [0.3, 0.4) is 0 Å². The van der Waals surface area contributed by atoms with Gasteiger partial charge in [-0.05, 0) is 30.0 Å². The Kier molecular flexibility index (Phi) is 5.99. The van der Waals surface area contributed by atoms with Gasteiger partial charge in [0.05, 0.1) is 14.2 Å². The standard InChI is InChI=1S/C15H25NO2/c1-5-6-7-11(2)15(16)12-8-9-13(17-3)14(10-12)18-4/h8-11,15H,5-7,16H2,1-4H3. The van der Waals surface area contributed by atoms with Crippen molar-refractivity contribution in [2.75, 3.05) is 14.2 Å². The maximum atomic E-state index is 6.30. The number of nitrogens with two attached hydrogens (primary N) is 1. The van der Waals surface area contributed by atoms with Gasteiger partial charge in [0.2, 0.25) is 0 Å². The quantitative estimate of drug-likeness (QED) is 0.806. The molecule has 0 bridgehead atoms. The van der Waals surface area contributed by atoms with Crippen LogP contribution in [0.2, 0.25) is 0 Å². The Balaban J connectivity index is 2.82. The molecule has 2 N–H and O–H groups in total. The number of hydrogen-bond donors (Lipinski definition) is 1. The largest absolute Gasteiger partial charge is 0.493 e. The van der Waals surface area contributed by atoms with E-state index in [9.17, 15) is 0 Å². The van der Waals surface area contributed by atoms with E-state index >= 15 is 0 Å². The van der Waals surface area contributed by atoms with Gasteiger partial charge in [-0.25, -0.2) is 0 Å². The van der Waals surface area contributed by atoms with Gasteiger partial charge in [0.25, 0.3) is 0 Å². The number of benzene rings is 1. The van der Waals surface area contributed by atoms with E-state index in [4.69, 9.17) is 15.2 Å². The van der Waals surface area contributed by atoms with Crippen molar-refractivity contribution in [2.24, 2.45) is 11.7 Å². The second-order valence-electron chi connectivity index (χ2n) is 4.76. The van der Waals surface area contributed by atoms with Crippen LogP contribution in [0.25, 0.3) is 0 Å². The summed E-state index contributed by atoms with van der Waals surface area (Å²) in [6.45, 7) is 4.41. The van der Waals surface area contributed by atoms with Gasteiger partial charge in [0.15, 0.2) is 11.5 Å². The minimum absolute atomic E-state index is 0.0522. The third-order valence-electron chi connectivity index (χ3n) is 3.42. The predicted molar refractivity (Wildman–Crippen MR) is 75.2 cm³/mol. The molecular formula is C15H25NO2. The molecule has 0 aliphatic carbocycles. The summed E-state index contributed by atoms with van der Waals surface area (Å²) < 4.78 is 10.5. The summed E-state index contributed by atoms with van der Waals surface area (Å²) in [6.07, 6.45) is 3.59. The van der Waals surface area contributed by atoms with Crippen LogP contribution in [-0.4, -0.2) is 14.2 Å². The average molecular weight is 251 g/mol. The number of ether oxygens (including phenoxy) is 2. The lowest BCUT2D eigenvalue weighted by atomic mass is 9.91. The van der Waals surface area contributed by atoms with E-state index in [0.717, 1.165) is 23.5 Å². The fraction of sp³-hybridized carbons (Fsp3) is 0.600. The third-order valence-corrected chi connectivity index (χ3v) is 3.42. The molecule has 0 amide bonds. The van der Waals surface area contributed by atoms with E-state index in [2.05, 4.69) is 13.8 Å². The van der Waals surface area contributed by atoms with Crippen LogP contribution in [0.15, 0.2) is 18.2 Å². The lowest BCUT2D eigenvalue weighted by Crippen LogP contribution is -2.19. The first kappa shape index (κ1) is 14.8. The summed E-state index contributed by atoms with van der Waals surface area (Å²) in [5, 5.41) is 0. The van der Waals surface area contributed by atoms with Gasteiger partial charge in [0.1, 0.15) is 0 Å². The van der Waals surface area contributed by atoms with Gasteiger partial charge in [-0.15, -0.1) is 0 Å². The molecule has 3 heteroatoms. The first-order valence-electron chi connectivity index (χ1n) is 6.61. The number of hydrogen-bond acceptors (Lipinski definition) is 3. The van der Waals surface area contributed by atoms with E-state index < -0.39 is 0 Å². The van der Waals surface area contributed by atoms with Crippen molar-refractivity contribution in [2.45, 2.75) is 39.2 Å². The van der Waals surface area contributed by atoms with Crippen LogP contribution < -0.4 is 15.2 Å². The molecule has 1 aromatic carbocycles. The lowest BCUT2D eigenvalue weighted by Gasteiger charge is -2.21. The van der Waals surface area contributed by atoms with Crippen molar-refractivity contribution in [1.82, 2.24) is 0 Å². The zero-order chi connectivity index (χ0) is 13.5. The molecule has 0 saturated heterocycles. The number of rotatable bonds is 7. The Morgan fingerprint density at radius 3 is 2.39 bits per heavy atom. The zero-order valence-corrected chi connectivity index (χ0v) is 11.9. The van der Waals surface area contributed by atoms with Crippen molar-refractivity contribution in [3.05, 3.63) is 23.8 Å². The van der Waals surface area contributed by atoms with Crippen LogP contribution in [-0.2, 0) is 0 Å². The molecule has 0 spiro atoms. The Morgan fingerprint density at radius 1 is 1.17 bits per heavy atom. The van der Waals surface area contributed by atoms with Crippen LogP contribution in [0.1, 0.15) is 44.7 Å². The maximum Gasteiger partial charge on any atom is 0.161 e. The van der Waals surface area contributed by atoms with Crippen molar-refractivity contribution in [3.8, 4) is 11.5 Å². The average Bonchev–Trinajstić information content (AvgIpc) is 2.42. The molecule has 0 heterocycles. The van der Waals surface area contributed by atoms with E-state index in [0.29, 0.717) is 5.92 Å². The fourth-order valence-corrected chi connectivity index (χ4v) is 2.09. The highest BCUT2D eigenvalue weighted by Gasteiger charge is 2.16. The first-order valence-corrected chi connectivity index (χ1v) is 6.61. The van der Waals surface area contributed by atoms with Crippen molar-refractivity contribution in [1.29, 1.82) is 0 Å². The van der Waals surface area contributed by atoms with Gasteiger partial charge in [-0.3, -0.25) is 0 Å². The minimum Gasteiger partial charge on any atom is -0.493 e. The highest BCUT2D eigenvalue weighted by molar-refractivity contribution is 5.43. The normalized spacial score (nSPS) is 14.1. The van der Waals surface area contributed by atoms with Crippen molar-refractivity contribution >= 4 is 0 Å². The highest BCUT2D eigenvalue weighted by atomic mass is 16.5. The second kappa shape index (κ2) is 7.27. The van der Waals surface area contributed by atoms with Gasteiger partial charge >= 0.3 is 0 Å². The van der Waals surface area contributed by atoms with E-state index in [1.807, 2.05) is 18.2 Å². The molecule has 0 radical (unpaired) electrons. The lowest BCUT2D eigenvalue weighted by molar-refractivity contribution is 0.352. The van der Waals surface area contributed by atoms with Crippen LogP contribution >= 0.6 is 0 Å². The Hall–Kier alpha value is -1.22. The molecule has 0 aromatic heterocycles. The van der Waals surface area contributed by atoms with E-state index in [-0.39, 0.29) is 6.04 Å². The van der Waals surface area contributed by atoms with Crippen molar-refractivity contribution in [3.63, 3.8) is 0 Å². The summed E-state index contributed by atoms with van der Waals surface area (Å²) >= 11 is 0. The molecule has 3 nitrogen and oxygen atoms in total. The minimum atomic E-state index is 0.0522. The summed E-state index contributed by atoms with van der Waals surface area (Å²) in [4.78, 5) is 0. The van der Waals surface area contributed by atoms with Gasteiger partial charge in [-0.2, -0.15) is 0 Å². The highest BCUT2D eigenvalue weighted by Crippen LogP contribution is 2.32. The van der Waals surface area contributed by atoms with Gasteiger partial charge in [-0.1, -0.05) is 32.8 Å². The molecule has 1 rings (SSSR count). The number of methoxy groups -OCH3 is 2. The molecule has 1 aromatic rings. The number of unbranched alkanes of at least 4 members (excludes halogenated alkanes) is 1. The summed E-state index contributed by atoms with van der Waals surface area (Å²) in [7, 11) is 3.29. The van der Waals surface area contributed by atoms with Crippen LogP contribution in [0.4, 0.5) is 0 Å². The van der Waals surface area contributed by atoms with Gasteiger partial charge in [0, 0.05) is 6.04 Å². The molecule has 0 aliphatic heterocycles. The molecule has 0 saturated carbocycles. The maximum absolute atomic E-state index is 6.30. The third kappa shape index (κ3) is 3.64. The molecule has 2 atom stereocenters. The van der Waals surface area contributed by atoms with Crippen molar-refractivity contribution < 1.29 is 9.47 Å². The first-order chi connectivity index (χ1) is 8.63. The summed E-state index contributed by atoms with van der Waals surface area (Å²) in [5.41, 5.74) is 7.41. The molecule has 18 heavy (non-hydrogen) atoms. The van der Waals surface area contributed by atoms with Crippen LogP contribution in [0.5, 0.6) is 11.5 Å². The Labute approximate surface area is 110 Å². The summed E-state index contributed by atoms with van der Waals surface area (Å²) in [6, 6.07) is 5.97. The monoisotopic (exact) mass is 251 g/mol. The fourth-order valence-electron chi connectivity index (χ4n) is 2.09. The Bertz CT molecular complexity index is 366. The summed E-state index contributed by atoms with van der Waals surface area (Å²) in [5.74, 6) is 1.96. The molecule has 102 valence electrons. The Morgan fingerprint density at radius 2 is 1.83 bits per heavy atom. The molecule has 0 fully saturated rings. The molecular weight excluding hydrogens is 226 g/mol. The second-order valence-corrected chi connectivity index (χ2v) is 4.76. The molecule has 0 aliphatic rings. The van der Waals surface area contributed by atoms with E-state index in [1.165, 1.54) is 12.8 Å². The van der Waals surface area contributed by atoms with Crippen LogP contribution in [0, 0.1) is 5.92 Å².